The van der Waals surface area contributed by atoms with Gasteiger partial charge in [-0.05, 0) is 43.4 Å². The van der Waals surface area contributed by atoms with Crippen molar-refractivity contribution in [3.05, 3.63) is 89.3 Å². The van der Waals surface area contributed by atoms with Crippen LogP contribution in [0.25, 0.3) is 10.8 Å². The standard InChI is InChI=1S/C25H20N2O5/c1-15-22-18(26-27-24(28)21-13-6-14-30-21)10-5-12-20(22)31-23(15)25(29)32-19-11-4-8-16-7-2-3-9-17(16)19/h2-4,6-9,11,13-14H,5,10,12H2,1H3,(H,27,28)/b26-18+. The molecule has 2 aromatic carbocycles. The van der Waals surface area contributed by atoms with Crippen LogP contribution in [0, 0.1) is 6.92 Å². The smallest absolute Gasteiger partial charge is 0.379 e. The fourth-order valence-corrected chi connectivity index (χ4v) is 3.99. The van der Waals surface area contributed by atoms with E-state index in [-0.39, 0.29) is 11.5 Å². The quantitative estimate of drug-likeness (QED) is 0.280. The van der Waals surface area contributed by atoms with Crippen LogP contribution < -0.4 is 10.2 Å². The van der Waals surface area contributed by atoms with Crippen LogP contribution in [0.5, 0.6) is 5.75 Å². The Morgan fingerprint density at radius 1 is 1.03 bits per heavy atom. The molecule has 2 heterocycles. The SMILES string of the molecule is Cc1c(C(=O)Oc2cccc3ccccc23)oc2c1/C(=N/NC(=O)c1ccco1)CCC2. The van der Waals surface area contributed by atoms with E-state index in [1.54, 1.807) is 25.1 Å². The third-order valence-electron chi connectivity index (χ3n) is 5.50. The van der Waals surface area contributed by atoms with Gasteiger partial charge in [-0.25, -0.2) is 10.2 Å². The Morgan fingerprint density at radius 2 is 1.88 bits per heavy atom. The normalized spacial score (nSPS) is 14.3. The zero-order chi connectivity index (χ0) is 22.1. The summed E-state index contributed by atoms with van der Waals surface area (Å²) in [6.07, 6.45) is 3.56. The molecule has 0 atom stereocenters. The van der Waals surface area contributed by atoms with Gasteiger partial charge in [-0.3, -0.25) is 4.79 Å². The van der Waals surface area contributed by atoms with Crippen LogP contribution in [0.2, 0.25) is 0 Å². The molecule has 0 spiro atoms. The van der Waals surface area contributed by atoms with E-state index >= 15 is 0 Å². The highest BCUT2D eigenvalue weighted by Gasteiger charge is 2.29. The lowest BCUT2D eigenvalue weighted by Gasteiger charge is -2.13. The lowest BCUT2D eigenvalue weighted by atomic mass is 9.93. The third kappa shape index (κ3) is 3.58. The van der Waals surface area contributed by atoms with Gasteiger partial charge < -0.3 is 13.6 Å². The van der Waals surface area contributed by atoms with E-state index in [0.29, 0.717) is 35.6 Å². The summed E-state index contributed by atoms with van der Waals surface area (Å²) in [4.78, 5) is 25.1. The number of aryl methyl sites for hydroxylation is 1. The molecule has 1 aliphatic rings. The first-order valence-corrected chi connectivity index (χ1v) is 10.3. The van der Waals surface area contributed by atoms with Crippen molar-refractivity contribution in [3.8, 4) is 5.75 Å². The number of benzene rings is 2. The van der Waals surface area contributed by atoms with Crippen LogP contribution >= 0.6 is 0 Å². The minimum atomic E-state index is -0.563. The molecular formula is C25H20N2O5. The highest BCUT2D eigenvalue weighted by molar-refractivity contribution is 6.07. The van der Waals surface area contributed by atoms with Gasteiger partial charge in [0.2, 0.25) is 5.76 Å². The first kappa shape index (κ1) is 19.8. The number of carbonyl (C=O) groups excluding carboxylic acids is 2. The van der Waals surface area contributed by atoms with Crippen molar-refractivity contribution in [2.45, 2.75) is 26.2 Å². The van der Waals surface area contributed by atoms with Gasteiger partial charge >= 0.3 is 11.9 Å². The van der Waals surface area contributed by atoms with Gasteiger partial charge in [0.05, 0.1) is 12.0 Å². The van der Waals surface area contributed by atoms with Gasteiger partial charge in [0, 0.05) is 22.9 Å². The van der Waals surface area contributed by atoms with Gasteiger partial charge in [0.1, 0.15) is 11.5 Å². The molecule has 160 valence electrons. The minimum absolute atomic E-state index is 0.148. The fourth-order valence-electron chi connectivity index (χ4n) is 3.99. The molecule has 7 nitrogen and oxygen atoms in total. The lowest BCUT2D eigenvalue weighted by Crippen LogP contribution is -2.21. The molecule has 1 amide bonds. The number of furan rings is 2. The number of esters is 1. The number of ether oxygens (including phenoxy) is 1. The van der Waals surface area contributed by atoms with Gasteiger partial charge in [0.15, 0.2) is 5.76 Å². The van der Waals surface area contributed by atoms with Crippen LogP contribution in [0.4, 0.5) is 0 Å². The third-order valence-corrected chi connectivity index (χ3v) is 5.50. The summed E-state index contributed by atoms with van der Waals surface area (Å²) in [5.41, 5.74) is 4.58. The Hall–Kier alpha value is -4.13. The largest absolute Gasteiger partial charge is 0.459 e. The number of hydrogen-bond acceptors (Lipinski definition) is 6. The topological polar surface area (TPSA) is 94.0 Å². The average Bonchev–Trinajstić information content (AvgIpc) is 3.47. The lowest BCUT2D eigenvalue weighted by molar-refractivity contribution is 0.0700. The molecule has 0 fully saturated rings. The molecular weight excluding hydrogens is 408 g/mol. The fraction of sp³-hybridized carbons (Fsp3) is 0.160. The van der Waals surface area contributed by atoms with Crippen LogP contribution in [0.3, 0.4) is 0 Å². The van der Waals surface area contributed by atoms with Crippen molar-refractivity contribution in [1.82, 2.24) is 5.43 Å². The highest BCUT2D eigenvalue weighted by Crippen LogP contribution is 2.32. The summed E-state index contributed by atoms with van der Waals surface area (Å²) in [5.74, 6) is 0.466. The molecule has 5 rings (SSSR count). The maximum Gasteiger partial charge on any atom is 0.379 e. The zero-order valence-corrected chi connectivity index (χ0v) is 17.4. The summed E-state index contributed by atoms with van der Waals surface area (Å²) in [6, 6.07) is 16.5. The Labute approximate surface area is 183 Å². The summed E-state index contributed by atoms with van der Waals surface area (Å²) in [5, 5.41) is 6.11. The second kappa shape index (κ2) is 8.19. The Morgan fingerprint density at radius 3 is 2.72 bits per heavy atom. The number of amides is 1. The number of hydrazone groups is 1. The van der Waals surface area contributed by atoms with E-state index in [1.165, 1.54) is 6.26 Å². The maximum absolute atomic E-state index is 13.0. The predicted molar refractivity (Wildman–Crippen MR) is 118 cm³/mol. The monoisotopic (exact) mass is 428 g/mol. The van der Waals surface area contributed by atoms with Crippen LogP contribution in [-0.4, -0.2) is 17.6 Å². The van der Waals surface area contributed by atoms with E-state index in [2.05, 4.69) is 10.5 Å². The molecule has 32 heavy (non-hydrogen) atoms. The summed E-state index contributed by atoms with van der Waals surface area (Å²) >= 11 is 0. The van der Waals surface area contributed by atoms with Crippen molar-refractivity contribution in [3.63, 3.8) is 0 Å². The van der Waals surface area contributed by atoms with Crippen molar-refractivity contribution in [1.29, 1.82) is 0 Å². The summed E-state index contributed by atoms with van der Waals surface area (Å²) in [7, 11) is 0. The van der Waals surface area contributed by atoms with E-state index in [9.17, 15) is 9.59 Å². The van der Waals surface area contributed by atoms with Gasteiger partial charge in [-0.1, -0.05) is 36.4 Å². The first-order chi connectivity index (χ1) is 15.6. The van der Waals surface area contributed by atoms with Crippen LogP contribution in [0.1, 0.15) is 50.8 Å². The minimum Gasteiger partial charge on any atom is -0.459 e. The summed E-state index contributed by atoms with van der Waals surface area (Å²) < 4.78 is 16.7. The molecule has 1 aliphatic carbocycles. The van der Waals surface area contributed by atoms with Crippen molar-refractivity contribution in [2.24, 2.45) is 5.10 Å². The molecule has 0 aliphatic heterocycles. The van der Waals surface area contributed by atoms with E-state index in [0.717, 1.165) is 22.8 Å². The van der Waals surface area contributed by atoms with Crippen LogP contribution in [0.15, 0.2) is 74.8 Å². The molecule has 0 saturated heterocycles. The Kier molecular flexibility index (Phi) is 5.07. The number of nitrogens with zero attached hydrogens (tertiary/aromatic N) is 1. The van der Waals surface area contributed by atoms with E-state index < -0.39 is 11.9 Å². The second-order valence-corrected chi connectivity index (χ2v) is 7.55. The molecule has 0 unspecified atom stereocenters. The van der Waals surface area contributed by atoms with Crippen molar-refractivity contribution < 1.29 is 23.2 Å². The predicted octanol–water partition coefficient (Wildman–Crippen LogP) is 5.02. The number of nitrogens with one attached hydrogen (secondary N) is 1. The molecule has 2 aromatic heterocycles. The molecule has 4 aromatic rings. The van der Waals surface area contributed by atoms with Gasteiger partial charge in [-0.2, -0.15) is 5.10 Å². The first-order valence-electron chi connectivity index (χ1n) is 10.3. The van der Waals surface area contributed by atoms with E-state index in [4.69, 9.17) is 13.6 Å². The molecule has 7 heteroatoms. The molecule has 1 N–H and O–H groups in total. The molecule has 0 bridgehead atoms. The van der Waals surface area contributed by atoms with Crippen LogP contribution in [-0.2, 0) is 6.42 Å². The maximum atomic E-state index is 13.0. The number of carbonyl (C=O) groups is 2. The molecule has 0 saturated carbocycles. The Balaban J connectivity index is 1.42. The number of hydrogen-bond donors (Lipinski definition) is 1. The number of rotatable bonds is 4. The zero-order valence-electron chi connectivity index (χ0n) is 17.4. The number of fused-ring (bicyclic) bond motifs is 2. The summed E-state index contributed by atoms with van der Waals surface area (Å²) in [6.45, 7) is 1.80. The van der Waals surface area contributed by atoms with Gasteiger partial charge in [0.25, 0.3) is 0 Å². The van der Waals surface area contributed by atoms with Crippen molar-refractivity contribution in [2.75, 3.05) is 0 Å². The van der Waals surface area contributed by atoms with Gasteiger partial charge in [-0.15, -0.1) is 0 Å². The van der Waals surface area contributed by atoms with E-state index in [1.807, 2.05) is 36.4 Å². The van der Waals surface area contributed by atoms with Crippen molar-refractivity contribution >= 4 is 28.4 Å². The molecule has 0 radical (unpaired) electrons. The average molecular weight is 428 g/mol. The Bertz CT molecular complexity index is 1340. The highest BCUT2D eigenvalue weighted by atomic mass is 16.5. The second-order valence-electron chi connectivity index (χ2n) is 7.55.